The number of amides is 1. The van der Waals surface area contributed by atoms with Crippen molar-refractivity contribution in [3.63, 3.8) is 0 Å². The summed E-state index contributed by atoms with van der Waals surface area (Å²) in [4.78, 5) is 22.4. The highest BCUT2D eigenvalue weighted by molar-refractivity contribution is 9.10. The Kier molecular flexibility index (Phi) is 5.17. The third-order valence-electron chi connectivity index (χ3n) is 3.06. The van der Waals surface area contributed by atoms with Crippen LogP contribution < -0.4 is 14.8 Å². The van der Waals surface area contributed by atoms with Crippen molar-refractivity contribution in [1.82, 2.24) is 0 Å². The van der Waals surface area contributed by atoms with Crippen LogP contribution in [0.3, 0.4) is 0 Å². The molecule has 0 unspecified atom stereocenters. The van der Waals surface area contributed by atoms with Gasteiger partial charge in [0.2, 0.25) is 0 Å². The zero-order chi connectivity index (χ0) is 17.0. The Morgan fingerprint density at radius 1 is 1.13 bits per heavy atom. The van der Waals surface area contributed by atoms with Gasteiger partial charge in [-0.2, -0.15) is 0 Å². The molecule has 0 spiro atoms. The van der Waals surface area contributed by atoms with Crippen molar-refractivity contribution in [2.24, 2.45) is 0 Å². The van der Waals surface area contributed by atoms with Crippen molar-refractivity contribution in [2.45, 2.75) is 0 Å². The lowest BCUT2D eigenvalue weighted by Crippen LogP contribution is -2.12. The number of carbonyl (C=O) groups excluding carboxylic acids is 1. The highest BCUT2D eigenvalue weighted by atomic mass is 79.9. The van der Waals surface area contributed by atoms with E-state index in [1.54, 1.807) is 12.1 Å². The number of nitrogens with one attached hydrogen (secondary N) is 1. The first kappa shape index (κ1) is 16.8. The molecule has 2 rings (SSSR count). The number of nitrogens with zero attached hydrogens (tertiary/aromatic N) is 1. The molecule has 0 heterocycles. The Morgan fingerprint density at radius 3 is 2.26 bits per heavy atom. The number of nitro benzene ring substituents is 1. The van der Waals surface area contributed by atoms with Crippen LogP contribution in [0.2, 0.25) is 0 Å². The van der Waals surface area contributed by atoms with Gasteiger partial charge in [0.15, 0.2) is 0 Å². The van der Waals surface area contributed by atoms with Gasteiger partial charge in [-0.15, -0.1) is 0 Å². The van der Waals surface area contributed by atoms with Crippen molar-refractivity contribution in [3.05, 3.63) is 56.5 Å². The number of benzene rings is 2. The molecule has 7 nitrogen and oxygen atoms in total. The lowest BCUT2D eigenvalue weighted by Gasteiger charge is -2.13. The number of hydrogen-bond donors (Lipinski definition) is 1. The summed E-state index contributed by atoms with van der Waals surface area (Å²) in [6.45, 7) is 0. The predicted molar refractivity (Wildman–Crippen MR) is 88.3 cm³/mol. The Balaban J connectivity index is 2.27. The molecule has 2 aromatic rings. The first-order valence-electron chi connectivity index (χ1n) is 6.43. The van der Waals surface area contributed by atoms with Gasteiger partial charge in [0.1, 0.15) is 11.5 Å². The molecule has 0 bridgehead atoms. The molecular formula is C15H13BrN2O5. The Labute approximate surface area is 140 Å². The number of carbonyl (C=O) groups is 1. The minimum absolute atomic E-state index is 0.0792. The monoisotopic (exact) mass is 380 g/mol. The fourth-order valence-electron chi connectivity index (χ4n) is 1.89. The summed E-state index contributed by atoms with van der Waals surface area (Å²) in [5.41, 5.74) is 0.639. The second-order valence-corrected chi connectivity index (χ2v) is 5.30. The van der Waals surface area contributed by atoms with E-state index in [1.807, 2.05) is 0 Å². The predicted octanol–water partition coefficient (Wildman–Crippen LogP) is 3.63. The fraction of sp³-hybridized carbons (Fsp3) is 0.133. The van der Waals surface area contributed by atoms with Gasteiger partial charge in [0.25, 0.3) is 11.6 Å². The van der Waals surface area contributed by atoms with E-state index in [-0.39, 0.29) is 5.69 Å². The molecule has 0 saturated carbocycles. The minimum Gasteiger partial charge on any atom is -0.495 e. The number of hydrogen-bond acceptors (Lipinski definition) is 5. The molecular weight excluding hydrogens is 368 g/mol. The minimum atomic E-state index is -0.524. The molecule has 0 fully saturated rings. The van der Waals surface area contributed by atoms with Gasteiger partial charge in [-0.1, -0.05) is 0 Å². The van der Waals surface area contributed by atoms with Gasteiger partial charge in [-0.05, 0) is 28.1 Å². The number of non-ortho nitro benzene ring substituents is 1. The Morgan fingerprint density at radius 2 is 1.74 bits per heavy atom. The quantitative estimate of drug-likeness (QED) is 0.631. The summed E-state index contributed by atoms with van der Waals surface area (Å²) >= 11 is 3.33. The van der Waals surface area contributed by atoms with Gasteiger partial charge >= 0.3 is 0 Å². The lowest BCUT2D eigenvalue weighted by atomic mass is 10.2. The third-order valence-corrected chi connectivity index (χ3v) is 3.68. The van der Waals surface area contributed by atoms with Crippen molar-refractivity contribution >= 4 is 33.2 Å². The standard InChI is InChI=1S/C15H13BrN2O5/c1-22-13-8-12(14(23-2)7-11(13)16)17-15(19)9-3-5-10(6-4-9)18(20)21/h3-8H,1-2H3,(H,17,19). The van der Waals surface area contributed by atoms with Gasteiger partial charge in [0.05, 0.1) is 29.3 Å². The average molecular weight is 381 g/mol. The zero-order valence-electron chi connectivity index (χ0n) is 12.3. The highest BCUT2D eigenvalue weighted by Crippen LogP contribution is 2.36. The van der Waals surface area contributed by atoms with Crippen LogP contribution in [0, 0.1) is 10.1 Å². The van der Waals surface area contributed by atoms with E-state index in [1.165, 1.54) is 38.5 Å². The summed E-state index contributed by atoms with van der Waals surface area (Å²) in [7, 11) is 2.99. The van der Waals surface area contributed by atoms with Gasteiger partial charge < -0.3 is 14.8 Å². The fourth-order valence-corrected chi connectivity index (χ4v) is 2.37. The third kappa shape index (κ3) is 3.78. The van der Waals surface area contributed by atoms with Gasteiger partial charge in [-0.25, -0.2) is 0 Å². The smallest absolute Gasteiger partial charge is 0.269 e. The van der Waals surface area contributed by atoms with Crippen LogP contribution >= 0.6 is 15.9 Å². The van der Waals surface area contributed by atoms with Crippen LogP contribution in [0.15, 0.2) is 40.9 Å². The average Bonchev–Trinajstić information content (AvgIpc) is 2.55. The van der Waals surface area contributed by atoms with E-state index in [2.05, 4.69) is 21.2 Å². The second kappa shape index (κ2) is 7.10. The van der Waals surface area contributed by atoms with Gasteiger partial charge in [-0.3, -0.25) is 14.9 Å². The summed E-state index contributed by atoms with van der Waals surface area (Å²) in [6, 6.07) is 8.60. The summed E-state index contributed by atoms with van der Waals surface area (Å²) < 4.78 is 11.1. The lowest BCUT2D eigenvalue weighted by molar-refractivity contribution is -0.384. The van der Waals surface area contributed by atoms with Crippen LogP contribution in [0.25, 0.3) is 0 Å². The van der Waals surface area contributed by atoms with E-state index in [9.17, 15) is 14.9 Å². The number of ether oxygens (including phenoxy) is 2. The van der Waals surface area contributed by atoms with Crippen LogP contribution in [0.1, 0.15) is 10.4 Å². The molecule has 8 heteroatoms. The Bertz CT molecular complexity index is 746. The molecule has 1 amide bonds. The number of rotatable bonds is 5. The van der Waals surface area contributed by atoms with Crippen LogP contribution in [0.4, 0.5) is 11.4 Å². The number of halogens is 1. The van der Waals surface area contributed by atoms with Gasteiger partial charge in [0, 0.05) is 29.8 Å². The van der Waals surface area contributed by atoms with Crippen LogP contribution in [0.5, 0.6) is 11.5 Å². The maximum Gasteiger partial charge on any atom is 0.269 e. The molecule has 120 valence electrons. The van der Waals surface area contributed by atoms with Crippen LogP contribution in [-0.2, 0) is 0 Å². The Hall–Kier alpha value is -2.61. The maximum absolute atomic E-state index is 12.3. The second-order valence-electron chi connectivity index (χ2n) is 4.45. The number of anilines is 1. The largest absolute Gasteiger partial charge is 0.495 e. The first-order chi connectivity index (χ1) is 11.0. The molecule has 23 heavy (non-hydrogen) atoms. The molecule has 0 saturated heterocycles. The summed E-state index contributed by atoms with van der Waals surface area (Å²) in [6.07, 6.45) is 0. The molecule has 0 radical (unpaired) electrons. The number of methoxy groups -OCH3 is 2. The normalized spacial score (nSPS) is 10.0. The molecule has 2 aromatic carbocycles. The van der Waals surface area contributed by atoms with E-state index in [4.69, 9.17) is 9.47 Å². The topological polar surface area (TPSA) is 90.7 Å². The van der Waals surface area contributed by atoms with E-state index < -0.39 is 10.8 Å². The number of nitro groups is 1. The van der Waals surface area contributed by atoms with Crippen LogP contribution in [-0.4, -0.2) is 25.1 Å². The van der Waals surface area contributed by atoms with E-state index >= 15 is 0 Å². The van der Waals surface area contributed by atoms with Crippen molar-refractivity contribution in [2.75, 3.05) is 19.5 Å². The van der Waals surface area contributed by atoms with E-state index in [0.29, 0.717) is 27.2 Å². The maximum atomic E-state index is 12.3. The molecule has 0 aromatic heterocycles. The van der Waals surface area contributed by atoms with Crippen molar-refractivity contribution < 1.29 is 19.2 Å². The SMILES string of the molecule is COc1cc(NC(=O)c2ccc([N+](=O)[O-])cc2)c(OC)cc1Br. The van der Waals surface area contributed by atoms with Crippen molar-refractivity contribution in [1.29, 1.82) is 0 Å². The molecule has 0 aliphatic heterocycles. The first-order valence-corrected chi connectivity index (χ1v) is 7.23. The highest BCUT2D eigenvalue weighted by Gasteiger charge is 2.14. The molecule has 1 N–H and O–H groups in total. The van der Waals surface area contributed by atoms with E-state index in [0.717, 1.165) is 0 Å². The summed E-state index contributed by atoms with van der Waals surface area (Å²) in [5.74, 6) is 0.570. The van der Waals surface area contributed by atoms with Crippen molar-refractivity contribution in [3.8, 4) is 11.5 Å². The molecule has 0 aliphatic rings. The molecule has 0 atom stereocenters. The molecule has 0 aliphatic carbocycles. The zero-order valence-corrected chi connectivity index (χ0v) is 13.9. The summed E-state index contributed by atoms with van der Waals surface area (Å²) in [5, 5.41) is 13.3.